The van der Waals surface area contributed by atoms with Crippen LogP contribution in [0.2, 0.25) is 0 Å². The number of carbonyl (C=O) groups is 1. The molecule has 0 saturated heterocycles. The molecule has 0 saturated carbocycles. The van der Waals surface area contributed by atoms with Crippen LogP contribution in [0.1, 0.15) is 23.7 Å². The lowest BCUT2D eigenvalue weighted by molar-refractivity contribution is -0.384. The molecule has 1 aromatic carbocycles. The average Bonchev–Trinajstić information content (AvgIpc) is 2.39. The molecule has 0 atom stereocenters. The van der Waals surface area contributed by atoms with Crippen molar-refractivity contribution in [1.82, 2.24) is 0 Å². The molecular weight excluding hydrogens is 234 g/mol. The lowest BCUT2D eigenvalue weighted by atomic mass is 10.1. The Morgan fingerprint density at radius 2 is 2.28 bits per heavy atom. The van der Waals surface area contributed by atoms with Crippen LogP contribution < -0.4 is 4.90 Å². The maximum absolute atomic E-state index is 11.0. The summed E-state index contributed by atoms with van der Waals surface area (Å²) in [6, 6.07) is 6.33. The Bertz CT molecular complexity index is 494. The molecule has 0 fully saturated rings. The molecule has 0 radical (unpaired) electrons. The molecule has 0 bridgehead atoms. The number of nitro groups is 1. The highest BCUT2D eigenvalue weighted by Gasteiger charge is 2.18. The third-order valence-electron chi connectivity index (χ3n) is 2.55. The number of hydrogen-bond donors (Lipinski definition) is 0. The molecule has 0 heterocycles. The molecule has 6 heteroatoms. The van der Waals surface area contributed by atoms with Gasteiger partial charge in [0.15, 0.2) is 0 Å². The van der Waals surface area contributed by atoms with Gasteiger partial charge < -0.3 is 4.90 Å². The number of nitro benzene ring substituents is 1. The summed E-state index contributed by atoms with van der Waals surface area (Å²) < 4.78 is 0. The minimum Gasteiger partial charge on any atom is -0.365 e. The van der Waals surface area contributed by atoms with E-state index < -0.39 is 4.92 Å². The second kappa shape index (κ2) is 6.35. The molecule has 1 rings (SSSR count). The van der Waals surface area contributed by atoms with Gasteiger partial charge in [0.2, 0.25) is 0 Å². The smallest absolute Gasteiger partial charge is 0.293 e. The molecule has 0 unspecified atom stereocenters. The maximum Gasteiger partial charge on any atom is 0.293 e. The highest BCUT2D eigenvalue weighted by Crippen LogP contribution is 2.28. The van der Waals surface area contributed by atoms with Gasteiger partial charge in [-0.15, -0.1) is 0 Å². The van der Waals surface area contributed by atoms with E-state index in [2.05, 4.69) is 0 Å². The van der Waals surface area contributed by atoms with Crippen LogP contribution in [0.15, 0.2) is 18.2 Å². The van der Waals surface area contributed by atoms with E-state index in [1.807, 2.05) is 13.0 Å². The number of rotatable bonds is 6. The van der Waals surface area contributed by atoms with Crippen molar-refractivity contribution >= 4 is 17.7 Å². The van der Waals surface area contributed by atoms with Crippen LogP contribution in [0.4, 0.5) is 11.4 Å². The zero-order valence-electron chi connectivity index (χ0n) is 10.00. The number of nitriles is 1. The summed E-state index contributed by atoms with van der Waals surface area (Å²) in [6.45, 7) is 2.84. The highest BCUT2D eigenvalue weighted by atomic mass is 16.6. The summed E-state index contributed by atoms with van der Waals surface area (Å²) in [5.41, 5.74) is 0.588. The zero-order valence-corrected chi connectivity index (χ0v) is 10.00. The molecule has 0 aliphatic carbocycles. The summed E-state index contributed by atoms with van der Waals surface area (Å²) >= 11 is 0. The standard InChI is InChI=1S/C12H13N3O3/c1-2-14(7-3-6-13)11-5-4-10(9-16)8-12(11)15(17)18/h4-5,8-9H,2-3,7H2,1H3. The van der Waals surface area contributed by atoms with Crippen LogP contribution in [0.3, 0.4) is 0 Å². The number of carbonyl (C=O) groups excluding carboxylic acids is 1. The SMILES string of the molecule is CCN(CCC#N)c1ccc(C=O)cc1[N+](=O)[O-]. The molecule has 0 aliphatic rings. The number of nitrogens with zero attached hydrogens (tertiary/aromatic N) is 3. The molecule has 0 aliphatic heterocycles. The summed E-state index contributed by atoms with van der Waals surface area (Å²) in [5, 5.41) is 19.5. The van der Waals surface area contributed by atoms with Gasteiger partial charge in [0.1, 0.15) is 12.0 Å². The first-order valence-electron chi connectivity index (χ1n) is 5.49. The second-order valence-electron chi connectivity index (χ2n) is 3.61. The van der Waals surface area contributed by atoms with E-state index >= 15 is 0 Å². The summed E-state index contributed by atoms with van der Waals surface area (Å²) in [7, 11) is 0. The van der Waals surface area contributed by atoms with Crippen molar-refractivity contribution in [3.63, 3.8) is 0 Å². The first kappa shape index (κ1) is 13.6. The molecular formula is C12H13N3O3. The summed E-state index contributed by atoms with van der Waals surface area (Å²) in [4.78, 5) is 22.8. The molecule has 6 nitrogen and oxygen atoms in total. The van der Waals surface area contributed by atoms with Gasteiger partial charge in [-0.1, -0.05) is 0 Å². The van der Waals surface area contributed by atoms with Crippen LogP contribution >= 0.6 is 0 Å². The fourth-order valence-electron chi connectivity index (χ4n) is 1.66. The Hall–Kier alpha value is -2.42. The Balaban J connectivity index is 3.16. The van der Waals surface area contributed by atoms with Gasteiger partial charge in [0, 0.05) is 24.7 Å². The van der Waals surface area contributed by atoms with Crippen molar-refractivity contribution in [1.29, 1.82) is 5.26 Å². The van der Waals surface area contributed by atoms with Gasteiger partial charge in [-0.25, -0.2) is 0 Å². The fraction of sp³-hybridized carbons (Fsp3) is 0.333. The van der Waals surface area contributed by atoms with Crippen molar-refractivity contribution < 1.29 is 9.72 Å². The van der Waals surface area contributed by atoms with Crippen LogP contribution in [0, 0.1) is 21.4 Å². The normalized spacial score (nSPS) is 9.56. The number of benzene rings is 1. The Morgan fingerprint density at radius 1 is 1.56 bits per heavy atom. The Kier molecular flexibility index (Phi) is 4.81. The molecule has 1 aromatic rings. The van der Waals surface area contributed by atoms with E-state index in [9.17, 15) is 14.9 Å². The number of hydrogen-bond acceptors (Lipinski definition) is 5. The minimum absolute atomic E-state index is 0.112. The Morgan fingerprint density at radius 3 is 2.78 bits per heavy atom. The first-order chi connectivity index (χ1) is 8.63. The largest absolute Gasteiger partial charge is 0.365 e. The minimum atomic E-state index is -0.517. The third-order valence-corrected chi connectivity index (χ3v) is 2.55. The van der Waals surface area contributed by atoms with Crippen LogP contribution in [-0.4, -0.2) is 24.3 Å². The topological polar surface area (TPSA) is 87.2 Å². The average molecular weight is 247 g/mol. The first-order valence-corrected chi connectivity index (χ1v) is 5.49. The van der Waals surface area contributed by atoms with Crippen molar-refractivity contribution in [3.05, 3.63) is 33.9 Å². The predicted octanol–water partition coefficient (Wildman–Crippen LogP) is 2.15. The monoisotopic (exact) mass is 247 g/mol. The van der Waals surface area contributed by atoms with Gasteiger partial charge in [0.05, 0.1) is 17.4 Å². The van der Waals surface area contributed by atoms with Crippen LogP contribution in [-0.2, 0) is 0 Å². The zero-order chi connectivity index (χ0) is 13.5. The van der Waals surface area contributed by atoms with Crippen molar-refractivity contribution in [2.75, 3.05) is 18.0 Å². The van der Waals surface area contributed by atoms with E-state index in [0.717, 1.165) is 0 Å². The molecule has 18 heavy (non-hydrogen) atoms. The van der Waals surface area contributed by atoms with E-state index in [0.29, 0.717) is 31.5 Å². The fourth-order valence-corrected chi connectivity index (χ4v) is 1.66. The molecule has 0 spiro atoms. The maximum atomic E-state index is 11.0. The van der Waals surface area contributed by atoms with Crippen LogP contribution in [0.25, 0.3) is 0 Å². The lowest BCUT2D eigenvalue weighted by Crippen LogP contribution is -2.24. The van der Waals surface area contributed by atoms with E-state index in [4.69, 9.17) is 5.26 Å². The van der Waals surface area contributed by atoms with Gasteiger partial charge in [0.25, 0.3) is 5.69 Å². The summed E-state index contributed by atoms with van der Waals surface area (Å²) in [5.74, 6) is 0. The van der Waals surface area contributed by atoms with Crippen molar-refractivity contribution in [2.24, 2.45) is 0 Å². The number of aldehydes is 1. The van der Waals surface area contributed by atoms with Gasteiger partial charge >= 0.3 is 0 Å². The van der Waals surface area contributed by atoms with Gasteiger partial charge in [-0.3, -0.25) is 14.9 Å². The van der Waals surface area contributed by atoms with E-state index in [1.54, 1.807) is 11.0 Å². The van der Waals surface area contributed by atoms with Crippen molar-refractivity contribution in [3.8, 4) is 6.07 Å². The van der Waals surface area contributed by atoms with Gasteiger partial charge in [-0.2, -0.15) is 5.26 Å². The highest BCUT2D eigenvalue weighted by molar-refractivity contribution is 5.79. The second-order valence-corrected chi connectivity index (χ2v) is 3.61. The predicted molar refractivity (Wildman–Crippen MR) is 66.6 cm³/mol. The van der Waals surface area contributed by atoms with Crippen LogP contribution in [0.5, 0.6) is 0 Å². The van der Waals surface area contributed by atoms with Gasteiger partial charge in [-0.05, 0) is 19.1 Å². The summed E-state index contributed by atoms with van der Waals surface area (Å²) in [6.07, 6.45) is 0.864. The van der Waals surface area contributed by atoms with E-state index in [1.165, 1.54) is 12.1 Å². The van der Waals surface area contributed by atoms with E-state index in [-0.39, 0.29) is 11.3 Å². The number of anilines is 1. The molecule has 0 aromatic heterocycles. The Labute approximate surface area is 105 Å². The van der Waals surface area contributed by atoms with Crippen molar-refractivity contribution in [2.45, 2.75) is 13.3 Å². The lowest BCUT2D eigenvalue weighted by Gasteiger charge is -2.21. The molecule has 94 valence electrons. The third kappa shape index (κ3) is 3.04. The quantitative estimate of drug-likeness (QED) is 0.436. The molecule has 0 N–H and O–H groups in total. The molecule has 0 amide bonds.